The second-order valence-electron chi connectivity index (χ2n) is 6.60. The minimum atomic E-state index is 0.181. The molecule has 0 bridgehead atoms. The zero-order valence-corrected chi connectivity index (χ0v) is 12.5. The van der Waals surface area contributed by atoms with Crippen molar-refractivity contribution >= 4 is 16.5 Å². The van der Waals surface area contributed by atoms with Gasteiger partial charge in [-0.15, -0.1) is 0 Å². The molecule has 0 aromatic heterocycles. The standard InChI is InChI=1S/C19H23NO/c1-2-8-17-15(6-1)7-5-9-18(17)20-16-10-13-21-19(14-16)11-3-4-12-19/h1-2,5-9,16,20H,3-4,10-14H2. The Hall–Kier alpha value is -1.54. The Labute approximate surface area is 126 Å². The third-order valence-electron chi connectivity index (χ3n) is 5.16. The van der Waals surface area contributed by atoms with Crippen LogP contribution in [0.15, 0.2) is 42.5 Å². The lowest BCUT2D eigenvalue weighted by molar-refractivity contribution is -0.0766. The van der Waals surface area contributed by atoms with Crippen LogP contribution in [0, 0.1) is 0 Å². The van der Waals surface area contributed by atoms with Crippen LogP contribution in [0.4, 0.5) is 5.69 Å². The Morgan fingerprint density at radius 2 is 1.81 bits per heavy atom. The molecule has 2 aromatic rings. The predicted octanol–water partition coefficient (Wildman–Crippen LogP) is 4.74. The summed E-state index contributed by atoms with van der Waals surface area (Å²) in [6.45, 7) is 0.905. The van der Waals surface area contributed by atoms with Crippen LogP contribution in [-0.2, 0) is 4.74 Å². The minimum Gasteiger partial charge on any atom is -0.382 e. The molecule has 2 aliphatic rings. The van der Waals surface area contributed by atoms with Crippen molar-refractivity contribution in [1.29, 1.82) is 0 Å². The third kappa shape index (κ3) is 2.53. The summed E-state index contributed by atoms with van der Waals surface area (Å²) in [5.74, 6) is 0. The van der Waals surface area contributed by atoms with E-state index in [1.165, 1.54) is 42.1 Å². The van der Waals surface area contributed by atoms with Gasteiger partial charge >= 0.3 is 0 Å². The number of benzene rings is 2. The van der Waals surface area contributed by atoms with Crippen LogP contribution in [0.5, 0.6) is 0 Å². The van der Waals surface area contributed by atoms with E-state index in [4.69, 9.17) is 4.74 Å². The summed E-state index contributed by atoms with van der Waals surface area (Å²) in [4.78, 5) is 0. The van der Waals surface area contributed by atoms with Crippen molar-refractivity contribution in [1.82, 2.24) is 0 Å². The molecule has 1 aliphatic carbocycles. The highest BCUT2D eigenvalue weighted by molar-refractivity contribution is 5.93. The van der Waals surface area contributed by atoms with Gasteiger partial charge in [0.1, 0.15) is 0 Å². The van der Waals surface area contributed by atoms with E-state index in [9.17, 15) is 0 Å². The zero-order valence-electron chi connectivity index (χ0n) is 12.5. The first kappa shape index (κ1) is 13.1. The molecule has 21 heavy (non-hydrogen) atoms. The van der Waals surface area contributed by atoms with Gasteiger partial charge in [-0.2, -0.15) is 0 Å². The summed E-state index contributed by atoms with van der Waals surface area (Å²) in [7, 11) is 0. The van der Waals surface area contributed by atoms with Crippen molar-refractivity contribution in [2.45, 2.75) is 50.2 Å². The molecule has 1 spiro atoms. The van der Waals surface area contributed by atoms with E-state index >= 15 is 0 Å². The van der Waals surface area contributed by atoms with Crippen LogP contribution < -0.4 is 5.32 Å². The molecule has 1 N–H and O–H groups in total. The van der Waals surface area contributed by atoms with E-state index in [0.29, 0.717) is 6.04 Å². The lowest BCUT2D eigenvalue weighted by Gasteiger charge is -2.39. The van der Waals surface area contributed by atoms with Gasteiger partial charge in [-0.3, -0.25) is 0 Å². The van der Waals surface area contributed by atoms with Gasteiger partial charge < -0.3 is 10.1 Å². The molecule has 2 aromatic carbocycles. The van der Waals surface area contributed by atoms with Crippen LogP contribution in [0.25, 0.3) is 10.8 Å². The second kappa shape index (κ2) is 5.34. The van der Waals surface area contributed by atoms with Gasteiger partial charge in [-0.05, 0) is 37.1 Å². The molecule has 1 aliphatic heterocycles. The molecule has 1 unspecified atom stereocenters. The quantitative estimate of drug-likeness (QED) is 0.858. The number of hydrogen-bond acceptors (Lipinski definition) is 2. The molecule has 2 heteroatoms. The van der Waals surface area contributed by atoms with E-state index in [2.05, 4.69) is 47.8 Å². The van der Waals surface area contributed by atoms with Gasteiger partial charge in [-0.25, -0.2) is 0 Å². The number of hydrogen-bond donors (Lipinski definition) is 1. The second-order valence-corrected chi connectivity index (χ2v) is 6.60. The summed E-state index contributed by atoms with van der Waals surface area (Å²) < 4.78 is 6.14. The Kier molecular flexibility index (Phi) is 3.34. The van der Waals surface area contributed by atoms with Gasteiger partial charge in [0.25, 0.3) is 0 Å². The number of ether oxygens (including phenoxy) is 1. The fraction of sp³-hybridized carbons (Fsp3) is 0.474. The van der Waals surface area contributed by atoms with Gasteiger partial charge in [0.15, 0.2) is 0 Å². The lowest BCUT2D eigenvalue weighted by Crippen LogP contribution is -2.42. The highest BCUT2D eigenvalue weighted by Crippen LogP contribution is 2.41. The summed E-state index contributed by atoms with van der Waals surface area (Å²) in [6.07, 6.45) is 7.45. The molecule has 1 atom stereocenters. The molecule has 2 fully saturated rings. The first-order valence-corrected chi connectivity index (χ1v) is 8.23. The fourth-order valence-corrected chi connectivity index (χ4v) is 4.09. The number of anilines is 1. The molecule has 0 amide bonds. The van der Waals surface area contributed by atoms with Crippen LogP contribution >= 0.6 is 0 Å². The molecule has 110 valence electrons. The van der Waals surface area contributed by atoms with Crippen LogP contribution in [0.1, 0.15) is 38.5 Å². The van der Waals surface area contributed by atoms with E-state index in [1.54, 1.807) is 0 Å². The average molecular weight is 281 g/mol. The van der Waals surface area contributed by atoms with Gasteiger partial charge in [-0.1, -0.05) is 49.2 Å². The van der Waals surface area contributed by atoms with Crippen molar-refractivity contribution < 1.29 is 4.74 Å². The smallest absolute Gasteiger partial charge is 0.0702 e. The monoisotopic (exact) mass is 281 g/mol. The molecule has 4 rings (SSSR count). The maximum atomic E-state index is 6.14. The van der Waals surface area contributed by atoms with E-state index in [0.717, 1.165) is 19.4 Å². The summed E-state index contributed by atoms with van der Waals surface area (Å²) in [5.41, 5.74) is 1.45. The average Bonchev–Trinajstić information content (AvgIpc) is 2.95. The first-order valence-electron chi connectivity index (χ1n) is 8.23. The molecular weight excluding hydrogens is 258 g/mol. The minimum absolute atomic E-state index is 0.181. The molecule has 2 nitrogen and oxygen atoms in total. The van der Waals surface area contributed by atoms with E-state index < -0.39 is 0 Å². The predicted molar refractivity (Wildman–Crippen MR) is 87.7 cm³/mol. The van der Waals surface area contributed by atoms with E-state index in [1.807, 2.05) is 0 Å². The number of nitrogens with one attached hydrogen (secondary N) is 1. The molecular formula is C19H23NO. The molecule has 1 saturated heterocycles. The Morgan fingerprint density at radius 3 is 2.71 bits per heavy atom. The number of rotatable bonds is 2. The topological polar surface area (TPSA) is 21.3 Å². The maximum absolute atomic E-state index is 6.14. The van der Waals surface area contributed by atoms with Crippen molar-refractivity contribution in [3.05, 3.63) is 42.5 Å². The SMILES string of the molecule is c1ccc2c(NC3CCOC4(CCCC4)C3)cccc2c1. The highest BCUT2D eigenvalue weighted by atomic mass is 16.5. The van der Waals surface area contributed by atoms with Crippen molar-refractivity contribution in [2.24, 2.45) is 0 Å². The Balaban J connectivity index is 1.57. The number of fused-ring (bicyclic) bond motifs is 1. The van der Waals surface area contributed by atoms with Crippen LogP contribution in [0.3, 0.4) is 0 Å². The van der Waals surface area contributed by atoms with Gasteiger partial charge in [0, 0.05) is 23.7 Å². The van der Waals surface area contributed by atoms with Gasteiger partial charge in [0.05, 0.1) is 5.60 Å². The Morgan fingerprint density at radius 1 is 1.00 bits per heavy atom. The van der Waals surface area contributed by atoms with Crippen molar-refractivity contribution in [2.75, 3.05) is 11.9 Å². The highest BCUT2D eigenvalue weighted by Gasteiger charge is 2.39. The Bertz CT molecular complexity index is 625. The first-order chi connectivity index (χ1) is 10.3. The summed E-state index contributed by atoms with van der Waals surface area (Å²) >= 11 is 0. The van der Waals surface area contributed by atoms with Crippen molar-refractivity contribution in [3.8, 4) is 0 Å². The zero-order chi connectivity index (χ0) is 14.1. The van der Waals surface area contributed by atoms with Crippen LogP contribution in [0.2, 0.25) is 0 Å². The lowest BCUT2D eigenvalue weighted by atomic mass is 9.88. The largest absolute Gasteiger partial charge is 0.382 e. The van der Waals surface area contributed by atoms with E-state index in [-0.39, 0.29) is 5.60 Å². The summed E-state index contributed by atoms with van der Waals surface area (Å²) in [6, 6.07) is 15.7. The van der Waals surface area contributed by atoms with Crippen molar-refractivity contribution in [3.63, 3.8) is 0 Å². The molecule has 0 radical (unpaired) electrons. The van der Waals surface area contributed by atoms with Crippen LogP contribution in [-0.4, -0.2) is 18.2 Å². The fourth-order valence-electron chi connectivity index (χ4n) is 4.09. The maximum Gasteiger partial charge on any atom is 0.0702 e. The third-order valence-corrected chi connectivity index (χ3v) is 5.16. The normalized spacial score (nSPS) is 24.5. The molecule has 1 heterocycles. The molecule has 1 saturated carbocycles. The summed E-state index contributed by atoms with van der Waals surface area (Å²) in [5, 5.41) is 6.43. The van der Waals surface area contributed by atoms with Gasteiger partial charge in [0.2, 0.25) is 0 Å².